The summed E-state index contributed by atoms with van der Waals surface area (Å²) < 4.78 is 0. The van der Waals surface area contributed by atoms with Crippen molar-refractivity contribution in [2.75, 3.05) is 0 Å². The molecular formula is C9H12N2S. The van der Waals surface area contributed by atoms with Crippen LogP contribution < -0.4 is 5.73 Å². The first-order valence-corrected chi connectivity index (χ1v) is 4.83. The van der Waals surface area contributed by atoms with E-state index < -0.39 is 0 Å². The summed E-state index contributed by atoms with van der Waals surface area (Å²) in [4.78, 5) is 4.20. The summed E-state index contributed by atoms with van der Waals surface area (Å²) in [6, 6.07) is 0.0575. The minimum atomic E-state index is 0.0575. The molecule has 1 heterocycles. The Balaban J connectivity index is 2.69. The van der Waals surface area contributed by atoms with E-state index in [-0.39, 0.29) is 6.04 Å². The van der Waals surface area contributed by atoms with Crippen LogP contribution in [0.15, 0.2) is 5.38 Å². The average Bonchev–Trinajstić information content (AvgIpc) is 2.52. The average molecular weight is 180 g/mol. The van der Waals surface area contributed by atoms with E-state index in [1.807, 2.05) is 5.38 Å². The highest BCUT2D eigenvalue weighted by Crippen LogP contribution is 2.19. The van der Waals surface area contributed by atoms with Crippen LogP contribution in [-0.4, -0.2) is 4.98 Å². The maximum atomic E-state index is 5.85. The highest BCUT2D eigenvalue weighted by Gasteiger charge is 2.08. The normalized spacial score (nSPS) is 12.4. The molecule has 64 valence electrons. The first-order valence-electron chi connectivity index (χ1n) is 3.95. The predicted octanol–water partition coefficient (Wildman–Crippen LogP) is 1.92. The highest BCUT2D eigenvalue weighted by atomic mass is 32.1. The molecule has 0 bridgehead atoms. The summed E-state index contributed by atoms with van der Waals surface area (Å²) >= 11 is 1.54. The van der Waals surface area contributed by atoms with Gasteiger partial charge in [-0.3, -0.25) is 0 Å². The fraction of sp³-hybridized carbons (Fsp3) is 0.444. The van der Waals surface area contributed by atoms with Crippen LogP contribution in [0.2, 0.25) is 0 Å². The zero-order valence-electron chi connectivity index (χ0n) is 7.08. The lowest BCUT2D eigenvalue weighted by molar-refractivity contribution is 0.634. The molecule has 3 heteroatoms. The van der Waals surface area contributed by atoms with Gasteiger partial charge in [0, 0.05) is 5.38 Å². The lowest BCUT2D eigenvalue weighted by atomic mass is 10.2. The summed E-state index contributed by atoms with van der Waals surface area (Å²) in [5.74, 6) is 2.49. The number of hydrogen-bond acceptors (Lipinski definition) is 3. The zero-order valence-corrected chi connectivity index (χ0v) is 7.90. The van der Waals surface area contributed by atoms with Gasteiger partial charge in [0.2, 0.25) is 0 Å². The van der Waals surface area contributed by atoms with Crippen LogP contribution in [0.5, 0.6) is 0 Å². The molecule has 1 unspecified atom stereocenters. The van der Waals surface area contributed by atoms with E-state index in [4.69, 9.17) is 12.2 Å². The van der Waals surface area contributed by atoms with E-state index in [2.05, 4.69) is 17.8 Å². The monoisotopic (exact) mass is 180 g/mol. The van der Waals surface area contributed by atoms with Gasteiger partial charge in [-0.1, -0.05) is 13.3 Å². The Kier molecular flexibility index (Phi) is 3.27. The fourth-order valence-corrected chi connectivity index (χ4v) is 1.76. The number of terminal acetylenes is 1. The van der Waals surface area contributed by atoms with Gasteiger partial charge in [-0.05, 0) is 12.3 Å². The quantitative estimate of drug-likeness (QED) is 0.722. The molecule has 0 spiro atoms. The van der Waals surface area contributed by atoms with Crippen molar-refractivity contribution in [3.05, 3.63) is 16.1 Å². The van der Waals surface area contributed by atoms with Crippen molar-refractivity contribution >= 4 is 11.3 Å². The van der Waals surface area contributed by atoms with Crippen LogP contribution in [-0.2, 0) is 0 Å². The van der Waals surface area contributed by atoms with Gasteiger partial charge in [0.05, 0.1) is 6.04 Å². The summed E-state index contributed by atoms with van der Waals surface area (Å²) in [7, 11) is 0. The molecule has 12 heavy (non-hydrogen) atoms. The van der Waals surface area contributed by atoms with Crippen LogP contribution in [0.3, 0.4) is 0 Å². The van der Waals surface area contributed by atoms with Gasteiger partial charge in [0.25, 0.3) is 0 Å². The Hall–Kier alpha value is -0.850. The second kappa shape index (κ2) is 4.24. The third kappa shape index (κ3) is 2.07. The lowest BCUT2D eigenvalue weighted by Gasteiger charge is -2.04. The fourth-order valence-electron chi connectivity index (χ4n) is 0.959. The van der Waals surface area contributed by atoms with E-state index in [0.29, 0.717) is 5.69 Å². The molecule has 2 N–H and O–H groups in total. The maximum absolute atomic E-state index is 5.85. The van der Waals surface area contributed by atoms with E-state index in [0.717, 1.165) is 17.8 Å². The third-order valence-corrected chi connectivity index (χ3v) is 2.56. The Labute approximate surface area is 76.8 Å². The summed E-state index contributed by atoms with van der Waals surface area (Å²) in [5.41, 5.74) is 6.55. The molecule has 1 rings (SSSR count). The molecule has 0 fully saturated rings. The Morgan fingerprint density at radius 2 is 2.58 bits per heavy atom. The second-order valence-electron chi connectivity index (χ2n) is 2.61. The molecule has 0 amide bonds. The second-order valence-corrected chi connectivity index (χ2v) is 3.50. The van der Waals surface area contributed by atoms with Crippen LogP contribution >= 0.6 is 11.3 Å². The van der Waals surface area contributed by atoms with Crippen molar-refractivity contribution in [2.45, 2.75) is 25.8 Å². The van der Waals surface area contributed by atoms with Crippen molar-refractivity contribution < 1.29 is 0 Å². The van der Waals surface area contributed by atoms with Crippen LogP contribution in [0.25, 0.3) is 0 Å². The topological polar surface area (TPSA) is 38.9 Å². The molecule has 0 aliphatic carbocycles. The smallest absolute Gasteiger partial charge is 0.124 e. The van der Waals surface area contributed by atoms with Gasteiger partial charge >= 0.3 is 0 Å². The number of hydrogen-bond donors (Lipinski definition) is 1. The minimum absolute atomic E-state index is 0.0575. The molecule has 1 aromatic heterocycles. The molecule has 0 aromatic carbocycles. The molecule has 0 aliphatic rings. The highest BCUT2D eigenvalue weighted by molar-refractivity contribution is 7.09. The van der Waals surface area contributed by atoms with Crippen molar-refractivity contribution in [2.24, 2.45) is 5.73 Å². The summed E-state index contributed by atoms with van der Waals surface area (Å²) in [6.45, 7) is 2.11. The first kappa shape index (κ1) is 9.24. The van der Waals surface area contributed by atoms with Crippen molar-refractivity contribution in [3.8, 4) is 12.3 Å². The lowest BCUT2D eigenvalue weighted by Crippen LogP contribution is -2.09. The predicted molar refractivity (Wildman–Crippen MR) is 51.9 cm³/mol. The molecule has 1 aromatic rings. The molecule has 0 saturated heterocycles. The number of nitrogens with zero attached hydrogens (tertiary/aromatic N) is 1. The molecule has 0 saturated carbocycles. The Bertz CT molecular complexity index is 285. The van der Waals surface area contributed by atoms with Crippen LogP contribution in [0.1, 0.15) is 36.5 Å². The van der Waals surface area contributed by atoms with E-state index in [1.165, 1.54) is 0 Å². The van der Waals surface area contributed by atoms with Gasteiger partial charge in [-0.15, -0.1) is 17.8 Å². The number of aromatic nitrogens is 1. The first-order chi connectivity index (χ1) is 5.77. The minimum Gasteiger partial charge on any atom is -0.322 e. The van der Waals surface area contributed by atoms with E-state index in [1.54, 1.807) is 11.3 Å². The van der Waals surface area contributed by atoms with Crippen LogP contribution in [0, 0.1) is 12.3 Å². The van der Waals surface area contributed by atoms with Crippen molar-refractivity contribution in [1.29, 1.82) is 0 Å². The summed E-state index contributed by atoms with van der Waals surface area (Å²) in [6.07, 6.45) is 7.24. The molecular weight excluding hydrogens is 168 g/mol. The van der Waals surface area contributed by atoms with Gasteiger partial charge in [0.15, 0.2) is 0 Å². The van der Waals surface area contributed by atoms with Gasteiger partial charge in [0.1, 0.15) is 10.7 Å². The molecule has 0 aliphatic heterocycles. The SMILES string of the molecule is C#Cc1csc(C(N)CCC)n1. The number of rotatable bonds is 3. The molecule has 0 radical (unpaired) electrons. The van der Waals surface area contributed by atoms with Crippen LogP contribution in [0.4, 0.5) is 0 Å². The van der Waals surface area contributed by atoms with Gasteiger partial charge < -0.3 is 5.73 Å². The maximum Gasteiger partial charge on any atom is 0.124 e. The van der Waals surface area contributed by atoms with Gasteiger partial charge in [-0.25, -0.2) is 4.98 Å². The van der Waals surface area contributed by atoms with Gasteiger partial charge in [-0.2, -0.15) is 0 Å². The number of thiazole rings is 1. The van der Waals surface area contributed by atoms with Crippen molar-refractivity contribution in [3.63, 3.8) is 0 Å². The Morgan fingerprint density at radius 1 is 1.83 bits per heavy atom. The zero-order chi connectivity index (χ0) is 8.97. The molecule has 1 atom stereocenters. The van der Waals surface area contributed by atoms with Crippen molar-refractivity contribution in [1.82, 2.24) is 4.98 Å². The largest absolute Gasteiger partial charge is 0.322 e. The summed E-state index contributed by atoms with van der Waals surface area (Å²) in [5, 5.41) is 2.81. The standard InChI is InChI=1S/C9H12N2S/c1-3-5-8(10)9-11-7(4-2)6-12-9/h2,6,8H,3,5,10H2,1H3. The Morgan fingerprint density at radius 3 is 3.08 bits per heavy atom. The number of nitrogens with two attached hydrogens (primary N) is 1. The molecule has 2 nitrogen and oxygen atoms in total. The third-order valence-electron chi connectivity index (χ3n) is 1.59. The van der Waals surface area contributed by atoms with E-state index >= 15 is 0 Å². The van der Waals surface area contributed by atoms with E-state index in [9.17, 15) is 0 Å².